The van der Waals surface area contributed by atoms with Gasteiger partial charge < -0.3 is 0 Å². The van der Waals surface area contributed by atoms with Crippen LogP contribution in [0.15, 0.2) is 18.2 Å². The largest absolute Gasteiger partial charge is 0.356 e. The maximum atomic E-state index is 13.6. The third-order valence-electron chi connectivity index (χ3n) is 2.52. The summed E-state index contributed by atoms with van der Waals surface area (Å²) in [6, 6.07) is 2.72. The monoisotopic (exact) mass is 284 g/mol. The van der Waals surface area contributed by atoms with E-state index in [0.29, 0.717) is 0 Å². The number of carbonyl (C=O) groups is 2. The molecule has 20 heavy (non-hydrogen) atoms. The van der Waals surface area contributed by atoms with Crippen molar-refractivity contribution in [2.75, 3.05) is 0 Å². The molecule has 0 aliphatic heterocycles. The van der Waals surface area contributed by atoms with Gasteiger partial charge in [0.2, 0.25) is 12.0 Å². The molecular weight excluding hydrogens is 275 g/mol. The van der Waals surface area contributed by atoms with Gasteiger partial charge in [-0.3, -0.25) is 29.8 Å². The van der Waals surface area contributed by atoms with Gasteiger partial charge in [-0.05, 0) is 6.07 Å². The van der Waals surface area contributed by atoms with Crippen LogP contribution in [0.1, 0.15) is 23.7 Å². The van der Waals surface area contributed by atoms with Crippen molar-refractivity contribution >= 4 is 22.9 Å². The third-order valence-corrected chi connectivity index (χ3v) is 2.52. The van der Waals surface area contributed by atoms with Gasteiger partial charge in [0, 0.05) is 12.5 Å². The Labute approximate surface area is 111 Å². The minimum absolute atomic E-state index is 0.268. The van der Waals surface area contributed by atoms with Gasteiger partial charge in [-0.15, -0.1) is 0 Å². The smallest absolute Gasteiger partial charge is 0.296 e. The zero-order valence-corrected chi connectivity index (χ0v) is 10.2. The van der Waals surface area contributed by atoms with Gasteiger partial charge >= 0.3 is 11.4 Å². The highest BCUT2D eigenvalue weighted by Crippen LogP contribution is 2.31. The van der Waals surface area contributed by atoms with Crippen LogP contribution in [0.5, 0.6) is 0 Å². The van der Waals surface area contributed by atoms with E-state index >= 15 is 0 Å². The lowest BCUT2D eigenvalue weighted by Crippen LogP contribution is -2.26. The number of nitro benzene ring substituents is 2. The number of para-hydroxylation sites is 1. The highest BCUT2D eigenvalue weighted by molar-refractivity contribution is 6.15. The Morgan fingerprint density at radius 1 is 1.25 bits per heavy atom. The molecule has 0 aromatic heterocycles. The quantitative estimate of drug-likeness (QED) is 0.341. The van der Waals surface area contributed by atoms with Gasteiger partial charge in [0.1, 0.15) is 5.56 Å². The fraction of sp³-hybridized carbons (Fsp3) is 0.273. The van der Waals surface area contributed by atoms with E-state index in [1.807, 2.05) is 0 Å². The zero-order valence-electron chi connectivity index (χ0n) is 10.2. The topological polar surface area (TPSA) is 120 Å². The first-order chi connectivity index (χ1) is 9.31. The predicted octanol–water partition coefficient (Wildman–Crippen LogP) is 2.00. The van der Waals surface area contributed by atoms with Crippen molar-refractivity contribution in [3.05, 3.63) is 44.0 Å². The minimum Gasteiger partial charge on any atom is -0.296 e. The van der Waals surface area contributed by atoms with Crippen LogP contribution < -0.4 is 0 Å². The van der Waals surface area contributed by atoms with Gasteiger partial charge in [-0.25, -0.2) is 4.39 Å². The maximum absolute atomic E-state index is 13.6. The summed E-state index contributed by atoms with van der Waals surface area (Å²) in [6.45, 7) is 1.32. The van der Waals surface area contributed by atoms with Crippen LogP contribution in [-0.2, 0) is 4.79 Å². The summed E-state index contributed by atoms with van der Waals surface area (Å²) in [5.74, 6) is -2.50. The predicted molar refractivity (Wildman–Crippen MR) is 64.3 cm³/mol. The molecule has 0 amide bonds. The van der Waals surface area contributed by atoms with Gasteiger partial charge in [-0.2, -0.15) is 0 Å². The molecule has 1 aromatic rings. The first-order valence-electron chi connectivity index (χ1n) is 5.44. The van der Waals surface area contributed by atoms with Crippen LogP contribution in [0, 0.1) is 20.2 Å². The number of alkyl halides is 1. The molecule has 106 valence electrons. The van der Waals surface area contributed by atoms with Crippen LogP contribution in [0.4, 0.5) is 15.8 Å². The Bertz CT molecular complexity index is 601. The second-order valence-electron chi connectivity index (χ2n) is 3.73. The molecule has 0 saturated carbocycles. The van der Waals surface area contributed by atoms with Gasteiger partial charge in [0.05, 0.1) is 9.85 Å². The summed E-state index contributed by atoms with van der Waals surface area (Å²) >= 11 is 0. The van der Waals surface area contributed by atoms with Crippen LogP contribution in [0.25, 0.3) is 0 Å². The molecule has 9 heteroatoms. The summed E-state index contributed by atoms with van der Waals surface area (Å²) in [5.41, 5.74) is -2.84. The molecule has 0 radical (unpaired) electrons. The Morgan fingerprint density at radius 2 is 1.85 bits per heavy atom. The second-order valence-corrected chi connectivity index (χ2v) is 3.73. The second kappa shape index (κ2) is 5.95. The molecule has 0 spiro atoms. The van der Waals surface area contributed by atoms with Crippen LogP contribution in [-0.4, -0.2) is 27.6 Å². The van der Waals surface area contributed by atoms with Crippen molar-refractivity contribution in [3.8, 4) is 0 Å². The first-order valence-corrected chi connectivity index (χ1v) is 5.44. The number of nitro groups is 2. The van der Waals surface area contributed by atoms with Crippen molar-refractivity contribution in [1.82, 2.24) is 0 Å². The number of carbonyl (C=O) groups excluding carboxylic acids is 2. The van der Waals surface area contributed by atoms with E-state index < -0.39 is 44.5 Å². The molecule has 0 bridgehead atoms. The average Bonchev–Trinajstić information content (AvgIpc) is 2.43. The number of nitrogens with zero attached hydrogens (tertiary/aromatic N) is 2. The number of ketones is 2. The maximum Gasteiger partial charge on any atom is 0.356 e. The van der Waals surface area contributed by atoms with Crippen LogP contribution >= 0.6 is 0 Å². The number of benzene rings is 1. The summed E-state index contributed by atoms with van der Waals surface area (Å²) in [7, 11) is 0. The fourth-order valence-electron chi connectivity index (χ4n) is 1.53. The molecule has 0 heterocycles. The van der Waals surface area contributed by atoms with E-state index in [2.05, 4.69) is 0 Å². The Morgan fingerprint density at radius 3 is 2.30 bits per heavy atom. The van der Waals surface area contributed by atoms with E-state index in [4.69, 9.17) is 0 Å². The molecule has 1 unspecified atom stereocenters. The van der Waals surface area contributed by atoms with E-state index in [9.17, 15) is 34.2 Å². The normalized spacial score (nSPS) is 11.7. The molecule has 1 aromatic carbocycles. The van der Waals surface area contributed by atoms with Crippen molar-refractivity contribution in [2.45, 2.75) is 19.5 Å². The lowest BCUT2D eigenvalue weighted by atomic mass is 10.0. The average molecular weight is 284 g/mol. The Kier molecular flexibility index (Phi) is 4.57. The Hall–Kier alpha value is -2.71. The lowest BCUT2D eigenvalue weighted by molar-refractivity contribution is -0.422. The highest BCUT2D eigenvalue weighted by atomic mass is 19.1. The molecule has 0 aliphatic rings. The van der Waals surface area contributed by atoms with E-state index in [0.717, 1.165) is 18.2 Å². The fourth-order valence-corrected chi connectivity index (χ4v) is 1.53. The summed E-state index contributed by atoms with van der Waals surface area (Å²) in [4.78, 5) is 42.2. The molecule has 0 fully saturated rings. The van der Waals surface area contributed by atoms with Crippen molar-refractivity contribution in [3.63, 3.8) is 0 Å². The summed E-state index contributed by atoms with van der Waals surface area (Å²) in [5, 5.41) is 21.5. The van der Waals surface area contributed by atoms with Gasteiger partial charge in [-0.1, -0.05) is 13.0 Å². The van der Waals surface area contributed by atoms with E-state index in [-0.39, 0.29) is 6.42 Å². The molecular formula is C11H9FN2O6. The molecule has 1 rings (SSSR count). The molecule has 1 atom stereocenters. The number of hydrogen-bond donors (Lipinski definition) is 0. The number of hydrogen-bond acceptors (Lipinski definition) is 6. The van der Waals surface area contributed by atoms with Crippen LogP contribution in [0.2, 0.25) is 0 Å². The third kappa shape index (κ3) is 2.82. The number of Topliss-reactive ketones (excluding diaryl/α,β-unsaturated/α-hetero) is 2. The molecule has 0 saturated heterocycles. The van der Waals surface area contributed by atoms with Crippen molar-refractivity contribution < 1.29 is 23.8 Å². The minimum atomic E-state index is -2.57. The zero-order chi connectivity index (χ0) is 15.4. The first kappa shape index (κ1) is 15.3. The van der Waals surface area contributed by atoms with E-state index in [1.165, 1.54) is 6.92 Å². The summed E-state index contributed by atoms with van der Waals surface area (Å²) in [6.07, 6.45) is -2.84. The SMILES string of the molecule is CCC(=O)C(F)C(=O)c1cccc([N+](=O)[O-])c1[N+](=O)[O-]. The van der Waals surface area contributed by atoms with Crippen molar-refractivity contribution in [2.24, 2.45) is 0 Å². The number of rotatable bonds is 6. The Balaban J connectivity index is 3.42. The molecule has 0 N–H and O–H groups in total. The van der Waals surface area contributed by atoms with Crippen molar-refractivity contribution in [1.29, 1.82) is 0 Å². The molecule has 0 aliphatic carbocycles. The van der Waals surface area contributed by atoms with Gasteiger partial charge in [0.15, 0.2) is 5.78 Å². The summed E-state index contributed by atoms with van der Waals surface area (Å²) < 4.78 is 13.6. The molecule has 8 nitrogen and oxygen atoms in total. The number of halogens is 1. The standard InChI is InChI=1S/C11H9FN2O6/c1-2-8(15)9(12)11(16)6-4-3-5-7(13(17)18)10(6)14(19)20/h3-5,9H,2H2,1H3. The van der Waals surface area contributed by atoms with Gasteiger partial charge in [0.25, 0.3) is 0 Å². The van der Waals surface area contributed by atoms with Crippen LogP contribution in [0.3, 0.4) is 0 Å². The van der Waals surface area contributed by atoms with E-state index in [1.54, 1.807) is 0 Å². The highest BCUT2D eigenvalue weighted by Gasteiger charge is 2.36. The lowest BCUT2D eigenvalue weighted by Gasteiger charge is -2.05.